The summed E-state index contributed by atoms with van der Waals surface area (Å²) < 4.78 is 0. The molecule has 16 heavy (non-hydrogen) atoms. The first-order valence-electron chi connectivity index (χ1n) is 6.32. The molecule has 0 aliphatic rings. The van der Waals surface area contributed by atoms with Crippen molar-refractivity contribution in [3.05, 3.63) is 41.8 Å². The molecule has 0 heterocycles. The molecule has 0 spiro atoms. The van der Waals surface area contributed by atoms with Crippen LogP contribution in [0, 0.1) is 11.8 Å². The van der Waals surface area contributed by atoms with Gasteiger partial charge in [-0.15, -0.1) is 0 Å². The third-order valence-corrected chi connectivity index (χ3v) is 3.04. The summed E-state index contributed by atoms with van der Waals surface area (Å²) >= 11 is 0. The molecule has 0 aliphatic heterocycles. The fourth-order valence-corrected chi connectivity index (χ4v) is 1.94. The molecular weight excluding hydrogens is 194 g/mol. The number of rotatable bonds is 7. The van der Waals surface area contributed by atoms with Crippen molar-refractivity contribution in [3.8, 4) is 0 Å². The van der Waals surface area contributed by atoms with E-state index in [0.717, 1.165) is 19.4 Å². The zero-order valence-corrected chi connectivity index (χ0v) is 10.6. The lowest BCUT2D eigenvalue weighted by Gasteiger charge is -2.20. The van der Waals surface area contributed by atoms with Crippen molar-refractivity contribution in [1.29, 1.82) is 0 Å². The first-order chi connectivity index (χ1) is 7.74. The second kappa shape index (κ2) is 7.45. The minimum Gasteiger partial charge on any atom is -0.330 e. The van der Waals surface area contributed by atoms with Crippen LogP contribution < -0.4 is 5.73 Å². The summed E-state index contributed by atoms with van der Waals surface area (Å²) in [5, 5.41) is 0. The van der Waals surface area contributed by atoms with Gasteiger partial charge in [-0.3, -0.25) is 0 Å². The quantitative estimate of drug-likeness (QED) is 0.695. The standard InChI is InChI=1S/C15H24N/c1-13(2)15(10-6-7-11-16)12-14-8-4-3-5-9-14/h3-5,8-9,13H,6-7,10-12,16H2,1-2H3. The lowest BCUT2D eigenvalue weighted by atomic mass is 9.85. The molecule has 1 aromatic rings. The van der Waals surface area contributed by atoms with Crippen LogP contribution in [0.5, 0.6) is 0 Å². The van der Waals surface area contributed by atoms with Crippen LogP contribution in [0.4, 0.5) is 0 Å². The molecule has 0 saturated heterocycles. The molecule has 89 valence electrons. The Kier molecular flexibility index (Phi) is 6.17. The van der Waals surface area contributed by atoms with Gasteiger partial charge in [-0.1, -0.05) is 50.6 Å². The third-order valence-electron chi connectivity index (χ3n) is 3.04. The fourth-order valence-electron chi connectivity index (χ4n) is 1.94. The molecule has 0 aliphatic carbocycles. The molecule has 0 bridgehead atoms. The van der Waals surface area contributed by atoms with Gasteiger partial charge in [0.15, 0.2) is 0 Å². The molecular formula is C15H24N. The average Bonchev–Trinajstić information content (AvgIpc) is 2.29. The van der Waals surface area contributed by atoms with Gasteiger partial charge in [0.25, 0.3) is 0 Å². The van der Waals surface area contributed by atoms with Crippen LogP contribution in [0.1, 0.15) is 38.7 Å². The number of nitrogens with two attached hydrogens (primary N) is 1. The molecule has 1 rings (SSSR count). The van der Waals surface area contributed by atoms with E-state index in [1.165, 1.54) is 18.4 Å². The Morgan fingerprint density at radius 3 is 2.38 bits per heavy atom. The van der Waals surface area contributed by atoms with Gasteiger partial charge in [-0.2, -0.15) is 0 Å². The van der Waals surface area contributed by atoms with Crippen molar-refractivity contribution in [1.82, 2.24) is 0 Å². The normalized spacial score (nSPS) is 11.3. The highest BCUT2D eigenvalue weighted by atomic mass is 14.5. The van der Waals surface area contributed by atoms with E-state index in [9.17, 15) is 0 Å². The minimum absolute atomic E-state index is 0.679. The van der Waals surface area contributed by atoms with Crippen LogP contribution in [0.15, 0.2) is 30.3 Å². The van der Waals surface area contributed by atoms with Crippen LogP contribution in [-0.2, 0) is 6.42 Å². The van der Waals surface area contributed by atoms with Crippen LogP contribution in [0.3, 0.4) is 0 Å². The fraction of sp³-hybridized carbons (Fsp3) is 0.533. The number of unbranched alkanes of at least 4 members (excludes halogenated alkanes) is 1. The van der Waals surface area contributed by atoms with E-state index in [1.807, 2.05) is 0 Å². The number of hydrogen-bond donors (Lipinski definition) is 1. The maximum absolute atomic E-state index is 5.53. The average molecular weight is 218 g/mol. The molecule has 1 heteroatoms. The maximum Gasteiger partial charge on any atom is -0.00773 e. The van der Waals surface area contributed by atoms with Gasteiger partial charge >= 0.3 is 0 Å². The van der Waals surface area contributed by atoms with Crippen molar-refractivity contribution in [3.63, 3.8) is 0 Å². The van der Waals surface area contributed by atoms with Crippen molar-refractivity contribution in [2.24, 2.45) is 11.7 Å². The van der Waals surface area contributed by atoms with Gasteiger partial charge in [-0.25, -0.2) is 0 Å². The summed E-state index contributed by atoms with van der Waals surface area (Å²) in [6, 6.07) is 10.7. The van der Waals surface area contributed by atoms with E-state index in [0.29, 0.717) is 5.92 Å². The lowest BCUT2D eigenvalue weighted by Crippen LogP contribution is -2.10. The smallest absolute Gasteiger partial charge is 0.00773 e. The molecule has 0 fully saturated rings. The molecule has 1 nitrogen and oxygen atoms in total. The molecule has 0 unspecified atom stereocenters. The first kappa shape index (κ1) is 13.2. The van der Waals surface area contributed by atoms with Crippen molar-refractivity contribution < 1.29 is 0 Å². The van der Waals surface area contributed by atoms with Crippen LogP contribution in [0.2, 0.25) is 0 Å². The van der Waals surface area contributed by atoms with Crippen molar-refractivity contribution >= 4 is 0 Å². The van der Waals surface area contributed by atoms with Crippen LogP contribution in [-0.4, -0.2) is 6.54 Å². The predicted molar refractivity (Wildman–Crippen MR) is 71.1 cm³/mol. The summed E-state index contributed by atoms with van der Waals surface area (Å²) in [6.45, 7) is 5.40. The van der Waals surface area contributed by atoms with Crippen molar-refractivity contribution in [2.75, 3.05) is 6.54 Å². The Balaban J connectivity index is 2.45. The van der Waals surface area contributed by atoms with Gasteiger partial charge in [0, 0.05) is 0 Å². The zero-order chi connectivity index (χ0) is 11.8. The zero-order valence-electron chi connectivity index (χ0n) is 10.6. The monoisotopic (exact) mass is 218 g/mol. The molecule has 1 aromatic carbocycles. The van der Waals surface area contributed by atoms with E-state index >= 15 is 0 Å². The van der Waals surface area contributed by atoms with Gasteiger partial charge < -0.3 is 5.73 Å². The minimum atomic E-state index is 0.679. The Bertz CT molecular complexity index is 266. The van der Waals surface area contributed by atoms with Gasteiger partial charge in [0.2, 0.25) is 0 Å². The van der Waals surface area contributed by atoms with E-state index in [1.54, 1.807) is 5.92 Å². The summed E-state index contributed by atoms with van der Waals surface area (Å²) in [5.41, 5.74) is 6.96. The van der Waals surface area contributed by atoms with Gasteiger partial charge in [-0.05, 0) is 43.2 Å². The topological polar surface area (TPSA) is 26.0 Å². The van der Waals surface area contributed by atoms with Crippen LogP contribution in [0.25, 0.3) is 0 Å². The molecule has 0 aromatic heterocycles. The highest BCUT2D eigenvalue weighted by Gasteiger charge is 2.13. The maximum atomic E-state index is 5.53. The SMILES string of the molecule is CC(C)[C](CCCCN)Cc1ccccc1. The third kappa shape index (κ3) is 4.80. The van der Waals surface area contributed by atoms with E-state index in [-0.39, 0.29) is 0 Å². The summed E-state index contributed by atoms with van der Waals surface area (Å²) in [6.07, 6.45) is 4.73. The van der Waals surface area contributed by atoms with E-state index < -0.39 is 0 Å². The lowest BCUT2D eigenvalue weighted by molar-refractivity contribution is 0.548. The molecule has 0 saturated carbocycles. The Labute approximate surface area is 100 Å². The second-order valence-corrected chi connectivity index (χ2v) is 4.72. The number of benzene rings is 1. The van der Waals surface area contributed by atoms with Crippen LogP contribution >= 0.6 is 0 Å². The largest absolute Gasteiger partial charge is 0.330 e. The van der Waals surface area contributed by atoms with E-state index in [4.69, 9.17) is 5.73 Å². The Morgan fingerprint density at radius 2 is 1.81 bits per heavy atom. The van der Waals surface area contributed by atoms with Crippen molar-refractivity contribution in [2.45, 2.75) is 39.5 Å². The summed E-state index contributed by atoms with van der Waals surface area (Å²) in [5.74, 6) is 2.33. The summed E-state index contributed by atoms with van der Waals surface area (Å²) in [4.78, 5) is 0. The van der Waals surface area contributed by atoms with Gasteiger partial charge in [0.1, 0.15) is 0 Å². The number of hydrogen-bond acceptors (Lipinski definition) is 1. The molecule has 2 N–H and O–H groups in total. The first-order valence-corrected chi connectivity index (χ1v) is 6.32. The molecule has 0 atom stereocenters. The highest BCUT2D eigenvalue weighted by Crippen LogP contribution is 2.24. The summed E-state index contributed by atoms with van der Waals surface area (Å²) in [7, 11) is 0. The molecule has 1 radical (unpaired) electrons. The van der Waals surface area contributed by atoms with E-state index in [2.05, 4.69) is 44.2 Å². The Hall–Kier alpha value is -0.820. The Morgan fingerprint density at radius 1 is 1.12 bits per heavy atom. The molecule has 0 amide bonds. The predicted octanol–water partition coefficient (Wildman–Crippen LogP) is 3.59. The van der Waals surface area contributed by atoms with Gasteiger partial charge in [0.05, 0.1) is 0 Å². The highest BCUT2D eigenvalue weighted by molar-refractivity contribution is 5.19. The second-order valence-electron chi connectivity index (χ2n) is 4.72.